The highest BCUT2D eigenvalue weighted by Gasteiger charge is 2.33. The molecule has 7 N–H and O–H groups in total. The average Bonchev–Trinajstić information content (AvgIpc) is 2.72. The van der Waals surface area contributed by atoms with Gasteiger partial charge >= 0.3 is 11.9 Å². The predicted molar refractivity (Wildman–Crippen MR) is 126 cm³/mol. The Morgan fingerprint density at radius 2 is 1.48 bits per heavy atom. The first-order valence-corrected chi connectivity index (χ1v) is 12.3. The Balaban J connectivity index is 5.53. The SMILES string of the molecule is CCC(C)C(NC(=O)C(N)CCSC)C(=O)NC(CC(C)C)C(=O)NC(CC(=O)O)C(=O)O. The number of rotatable bonds is 16. The molecule has 0 bridgehead atoms. The van der Waals surface area contributed by atoms with Crippen molar-refractivity contribution in [1.29, 1.82) is 0 Å². The number of hydrogen-bond donors (Lipinski definition) is 6. The molecule has 0 aliphatic rings. The van der Waals surface area contributed by atoms with E-state index in [1.807, 2.05) is 27.0 Å². The zero-order valence-corrected chi connectivity index (χ0v) is 20.7. The molecule has 0 heterocycles. The standard InChI is InChI=1S/C21H38N4O7S/c1-6-12(4)17(25-18(28)13(22)7-8-33-5)20(30)23-14(9-11(2)3)19(29)24-15(21(31)32)10-16(26)27/h11-15,17H,6-10,22H2,1-5H3,(H,23,30)(H,24,29)(H,25,28)(H,26,27)(H,31,32). The highest BCUT2D eigenvalue weighted by atomic mass is 32.2. The molecule has 5 atom stereocenters. The normalized spacial score (nSPS) is 15.6. The lowest BCUT2D eigenvalue weighted by Gasteiger charge is -2.28. The molecule has 190 valence electrons. The van der Waals surface area contributed by atoms with Gasteiger partial charge in [0.1, 0.15) is 18.1 Å². The number of thioether (sulfide) groups is 1. The lowest BCUT2D eigenvalue weighted by molar-refractivity contribution is -0.147. The largest absolute Gasteiger partial charge is 0.481 e. The second kappa shape index (κ2) is 15.5. The Bertz CT molecular complexity index is 690. The molecule has 0 aromatic rings. The van der Waals surface area contributed by atoms with Crippen molar-refractivity contribution in [2.45, 2.75) is 77.5 Å². The van der Waals surface area contributed by atoms with Gasteiger partial charge in [-0.2, -0.15) is 11.8 Å². The van der Waals surface area contributed by atoms with Crippen LogP contribution >= 0.6 is 11.8 Å². The first kappa shape index (κ1) is 30.7. The minimum Gasteiger partial charge on any atom is -0.481 e. The maximum absolute atomic E-state index is 13.0. The van der Waals surface area contributed by atoms with Crippen molar-refractivity contribution < 1.29 is 34.2 Å². The van der Waals surface area contributed by atoms with Crippen LogP contribution in [0.1, 0.15) is 53.4 Å². The molecule has 5 unspecified atom stereocenters. The Hall–Kier alpha value is -2.34. The van der Waals surface area contributed by atoms with E-state index in [0.29, 0.717) is 18.6 Å². The molecule has 0 aromatic carbocycles. The second-order valence-corrected chi connectivity index (χ2v) is 9.43. The monoisotopic (exact) mass is 490 g/mol. The molecular formula is C21H38N4O7S. The third-order valence-corrected chi connectivity index (χ3v) is 5.74. The van der Waals surface area contributed by atoms with Gasteiger partial charge in [0.05, 0.1) is 12.5 Å². The fraction of sp³-hybridized carbons (Fsp3) is 0.762. The molecule has 0 aromatic heterocycles. The van der Waals surface area contributed by atoms with Crippen LogP contribution in [0.25, 0.3) is 0 Å². The zero-order valence-electron chi connectivity index (χ0n) is 19.9. The Morgan fingerprint density at radius 3 is 1.94 bits per heavy atom. The topological polar surface area (TPSA) is 188 Å². The summed E-state index contributed by atoms with van der Waals surface area (Å²) >= 11 is 1.55. The molecule has 33 heavy (non-hydrogen) atoms. The predicted octanol–water partition coefficient (Wildman–Crippen LogP) is 0.173. The summed E-state index contributed by atoms with van der Waals surface area (Å²) in [7, 11) is 0. The number of hydrogen-bond acceptors (Lipinski definition) is 7. The van der Waals surface area contributed by atoms with Gasteiger partial charge in [0.15, 0.2) is 0 Å². The van der Waals surface area contributed by atoms with Crippen molar-refractivity contribution >= 4 is 41.4 Å². The van der Waals surface area contributed by atoms with Crippen LogP contribution in [-0.4, -0.2) is 76.0 Å². The van der Waals surface area contributed by atoms with Crippen LogP contribution < -0.4 is 21.7 Å². The number of amides is 3. The number of carboxylic acids is 2. The molecule has 0 aliphatic heterocycles. The molecule has 0 saturated heterocycles. The van der Waals surface area contributed by atoms with E-state index < -0.39 is 60.2 Å². The van der Waals surface area contributed by atoms with Gasteiger partial charge in [0.2, 0.25) is 17.7 Å². The summed E-state index contributed by atoms with van der Waals surface area (Å²) in [6.07, 6.45) is 2.29. The third-order valence-electron chi connectivity index (χ3n) is 5.10. The van der Waals surface area contributed by atoms with Gasteiger partial charge in [-0.05, 0) is 36.7 Å². The first-order valence-electron chi connectivity index (χ1n) is 10.9. The first-order chi connectivity index (χ1) is 15.3. The number of carbonyl (C=O) groups excluding carboxylic acids is 3. The highest BCUT2D eigenvalue weighted by Crippen LogP contribution is 2.12. The van der Waals surface area contributed by atoms with Gasteiger partial charge in [0.25, 0.3) is 0 Å². The van der Waals surface area contributed by atoms with E-state index >= 15 is 0 Å². The van der Waals surface area contributed by atoms with Gasteiger partial charge in [-0.15, -0.1) is 0 Å². The van der Waals surface area contributed by atoms with Crippen LogP contribution in [0.15, 0.2) is 0 Å². The summed E-state index contributed by atoms with van der Waals surface area (Å²) in [5.74, 6) is -4.37. The quantitative estimate of drug-likeness (QED) is 0.175. The van der Waals surface area contributed by atoms with Gasteiger partial charge in [0, 0.05) is 0 Å². The number of aliphatic carboxylic acids is 2. The second-order valence-electron chi connectivity index (χ2n) is 8.45. The minimum absolute atomic E-state index is 0.0413. The van der Waals surface area contributed by atoms with Crippen molar-refractivity contribution in [2.24, 2.45) is 17.6 Å². The number of nitrogens with two attached hydrogens (primary N) is 1. The molecule has 0 radical (unpaired) electrons. The molecule has 0 fully saturated rings. The number of carbonyl (C=O) groups is 5. The van der Waals surface area contributed by atoms with Crippen LogP contribution in [0.3, 0.4) is 0 Å². The molecule has 0 aliphatic carbocycles. The van der Waals surface area contributed by atoms with Gasteiger partial charge in [-0.25, -0.2) is 4.79 Å². The van der Waals surface area contributed by atoms with E-state index in [4.69, 9.17) is 10.8 Å². The third kappa shape index (κ3) is 11.9. The Morgan fingerprint density at radius 1 is 0.909 bits per heavy atom. The van der Waals surface area contributed by atoms with Crippen LogP contribution in [-0.2, 0) is 24.0 Å². The Kier molecular flexibility index (Phi) is 14.4. The van der Waals surface area contributed by atoms with E-state index in [9.17, 15) is 29.1 Å². The summed E-state index contributed by atoms with van der Waals surface area (Å²) in [5.41, 5.74) is 5.91. The molecule has 3 amide bonds. The Labute approximate surface area is 199 Å². The van der Waals surface area contributed by atoms with E-state index in [-0.39, 0.29) is 18.3 Å². The summed E-state index contributed by atoms with van der Waals surface area (Å²) in [6.45, 7) is 7.27. The maximum atomic E-state index is 13.0. The van der Waals surface area contributed by atoms with Crippen LogP contribution in [0.2, 0.25) is 0 Å². The van der Waals surface area contributed by atoms with E-state index in [2.05, 4.69) is 16.0 Å². The summed E-state index contributed by atoms with van der Waals surface area (Å²) in [4.78, 5) is 60.5. The average molecular weight is 491 g/mol. The summed E-state index contributed by atoms with van der Waals surface area (Å²) in [6, 6.07) is -4.47. The van der Waals surface area contributed by atoms with Crippen LogP contribution in [0, 0.1) is 11.8 Å². The lowest BCUT2D eigenvalue weighted by atomic mass is 9.96. The fourth-order valence-electron chi connectivity index (χ4n) is 2.95. The zero-order chi connectivity index (χ0) is 25.7. The van der Waals surface area contributed by atoms with Crippen molar-refractivity contribution in [2.75, 3.05) is 12.0 Å². The van der Waals surface area contributed by atoms with Crippen molar-refractivity contribution in [3.63, 3.8) is 0 Å². The fourth-order valence-corrected chi connectivity index (χ4v) is 3.44. The van der Waals surface area contributed by atoms with Gasteiger partial charge in [-0.1, -0.05) is 34.1 Å². The van der Waals surface area contributed by atoms with Crippen molar-refractivity contribution in [1.82, 2.24) is 16.0 Å². The number of nitrogens with one attached hydrogen (secondary N) is 3. The van der Waals surface area contributed by atoms with E-state index in [1.165, 1.54) is 0 Å². The molecule has 0 saturated carbocycles. The molecule has 0 rings (SSSR count). The number of carboxylic acid groups (broad SMARTS) is 2. The smallest absolute Gasteiger partial charge is 0.326 e. The van der Waals surface area contributed by atoms with Crippen molar-refractivity contribution in [3.05, 3.63) is 0 Å². The minimum atomic E-state index is -1.64. The molecule has 12 heteroatoms. The molecular weight excluding hydrogens is 452 g/mol. The lowest BCUT2D eigenvalue weighted by Crippen LogP contribution is -2.59. The van der Waals surface area contributed by atoms with Gasteiger partial charge in [-0.3, -0.25) is 19.2 Å². The van der Waals surface area contributed by atoms with Crippen molar-refractivity contribution in [3.8, 4) is 0 Å². The molecule has 0 spiro atoms. The van der Waals surface area contributed by atoms with E-state index in [0.717, 1.165) is 0 Å². The van der Waals surface area contributed by atoms with Crippen LogP contribution in [0.4, 0.5) is 0 Å². The molecule has 11 nitrogen and oxygen atoms in total. The van der Waals surface area contributed by atoms with Crippen LogP contribution in [0.5, 0.6) is 0 Å². The van der Waals surface area contributed by atoms with Gasteiger partial charge < -0.3 is 31.9 Å². The maximum Gasteiger partial charge on any atom is 0.326 e. The highest BCUT2D eigenvalue weighted by molar-refractivity contribution is 7.98. The van der Waals surface area contributed by atoms with E-state index in [1.54, 1.807) is 18.7 Å². The summed E-state index contributed by atoms with van der Waals surface area (Å²) in [5, 5.41) is 25.5. The summed E-state index contributed by atoms with van der Waals surface area (Å²) < 4.78 is 0.